The maximum Gasteiger partial charge on any atom is 0.258 e. The number of aromatic nitrogens is 3. The van der Waals surface area contributed by atoms with E-state index in [0.29, 0.717) is 13.1 Å². The number of ether oxygens (including phenoxy) is 1. The van der Waals surface area contributed by atoms with Crippen LogP contribution in [0.1, 0.15) is 16.7 Å². The van der Waals surface area contributed by atoms with Gasteiger partial charge in [-0.05, 0) is 29.7 Å². The van der Waals surface area contributed by atoms with Crippen molar-refractivity contribution in [1.82, 2.24) is 20.1 Å². The summed E-state index contributed by atoms with van der Waals surface area (Å²) < 4.78 is 7.30. The van der Waals surface area contributed by atoms with Gasteiger partial charge in [0.2, 0.25) is 0 Å². The van der Waals surface area contributed by atoms with E-state index in [1.54, 1.807) is 11.0 Å². The van der Waals surface area contributed by atoms with E-state index in [2.05, 4.69) is 15.4 Å². The zero-order valence-electron chi connectivity index (χ0n) is 14.1. The summed E-state index contributed by atoms with van der Waals surface area (Å²) in [6, 6.07) is 15.7. The highest BCUT2D eigenvalue weighted by Gasteiger charge is 2.05. The number of benzene rings is 2. The molecule has 6 heteroatoms. The van der Waals surface area contributed by atoms with Crippen LogP contribution >= 0.6 is 0 Å². The first-order valence-corrected chi connectivity index (χ1v) is 8.06. The van der Waals surface area contributed by atoms with Crippen LogP contribution < -0.4 is 10.1 Å². The highest BCUT2D eigenvalue weighted by Crippen LogP contribution is 2.15. The average molecular weight is 336 g/mol. The lowest BCUT2D eigenvalue weighted by Gasteiger charge is -2.10. The fourth-order valence-electron chi connectivity index (χ4n) is 2.38. The van der Waals surface area contributed by atoms with Gasteiger partial charge in [0.05, 0.1) is 6.54 Å². The van der Waals surface area contributed by atoms with Crippen LogP contribution in [-0.4, -0.2) is 27.3 Å². The van der Waals surface area contributed by atoms with E-state index >= 15 is 0 Å². The number of carbonyl (C=O) groups is 1. The van der Waals surface area contributed by atoms with Gasteiger partial charge in [-0.1, -0.05) is 42.5 Å². The second-order valence-corrected chi connectivity index (χ2v) is 5.74. The summed E-state index contributed by atoms with van der Waals surface area (Å²) >= 11 is 0. The Morgan fingerprint density at radius 3 is 2.60 bits per heavy atom. The van der Waals surface area contributed by atoms with Crippen molar-refractivity contribution in [3.63, 3.8) is 0 Å². The molecule has 0 atom stereocenters. The Labute approximate surface area is 146 Å². The molecule has 0 fully saturated rings. The number of para-hydroxylation sites is 1. The van der Waals surface area contributed by atoms with Crippen LogP contribution in [0.3, 0.4) is 0 Å². The van der Waals surface area contributed by atoms with Crippen LogP contribution in [0.25, 0.3) is 0 Å². The highest BCUT2D eigenvalue weighted by molar-refractivity contribution is 5.77. The van der Waals surface area contributed by atoms with Gasteiger partial charge < -0.3 is 10.1 Å². The van der Waals surface area contributed by atoms with E-state index in [1.165, 1.54) is 6.33 Å². The molecule has 0 unspecified atom stereocenters. The molecule has 0 aliphatic heterocycles. The van der Waals surface area contributed by atoms with Gasteiger partial charge in [0, 0.05) is 6.54 Å². The molecular weight excluding hydrogens is 316 g/mol. The lowest BCUT2D eigenvalue weighted by Crippen LogP contribution is -2.28. The molecule has 1 aromatic heterocycles. The fourth-order valence-corrected chi connectivity index (χ4v) is 2.38. The number of hydrogen-bond donors (Lipinski definition) is 1. The summed E-state index contributed by atoms with van der Waals surface area (Å²) in [5, 5.41) is 6.94. The van der Waals surface area contributed by atoms with E-state index in [-0.39, 0.29) is 12.5 Å². The van der Waals surface area contributed by atoms with Crippen molar-refractivity contribution in [2.24, 2.45) is 0 Å². The Kier molecular flexibility index (Phi) is 5.41. The van der Waals surface area contributed by atoms with E-state index in [1.807, 2.05) is 55.5 Å². The Morgan fingerprint density at radius 1 is 1.12 bits per heavy atom. The Bertz CT molecular complexity index is 814. The van der Waals surface area contributed by atoms with Gasteiger partial charge in [0.25, 0.3) is 5.91 Å². The first kappa shape index (κ1) is 16.7. The molecule has 3 rings (SSSR count). The summed E-state index contributed by atoms with van der Waals surface area (Å²) in [6.45, 7) is 3.11. The van der Waals surface area contributed by atoms with Crippen molar-refractivity contribution in [2.45, 2.75) is 20.0 Å². The van der Waals surface area contributed by atoms with Gasteiger partial charge in [0.1, 0.15) is 18.4 Å². The average Bonchev–Trinajstić information content (AvgIpc) is 3.13. The molecule has 128 valence electrons. The van der Waals surface area contributed by atoms with E-state index in [9.17, 15) is 4.79 Å². The largest absolute Gasteiger partial charge is 0.484 e. The van der Waals surface area contributed by atoms with Crippen molar-refractivity contribution in [2.75, 3.05) is 6.61 Å². The summed E-state index contributed by atoms with van der Waals surface area (Å²) in [5.41, 5.74) is 3.17. The number of hydrogen-bond acceptors (Lipinski definition) is 4. The van der Waals surface area contributed by atoms with Crippen molar-refractivity contribution in [3.05, 3.63) is 77.9 Å². The van der Waals surface area contributed by atoms with Gasteiger partial charge in [0.15, 0.2) is 6.61 Å². The number of carbonyl (C=O) groups excluding carboxylic acids is 1. The molecule has 6 nitrogen and oxygen atoms in total. The third kappa shape index (κ3) is 4.91. The number of amides is 1. The molecule has 0 saturated carbocycles. The Balaban J connectivity index is 1.45. The minimum atomic E-state index is -0.144. The number of aryl methyl sites for hydroxylation is 1. The maximum absolute atomic E-state index is 11.9. The van der Waals surface area contributed by atoms with Crippen LogP contribution in [0.15, 0.2) is 61.2 Å². The molecule has 0 bridgehead atoms. The summed E-state index contributed by atoms with van der Waals surface area (Å²) in [7, 11) is 0. The number of nitrogens with zero attached hydrogens (tertiary/aromatic N) is 3. The SMILES string of the molecule is Cc1ccccc1OCC(=O)NCc1ccc(Cn2cncn2)cc1. The first-order chi connectivity index (χ1) is 12.2. The van der Waals surface area contributed by atoms with Gasteiger partial charge in [-0.25, -0.2) is 9.67 Å². The summed E-state index contributed by atoms with van der Waals surface area (Å²) in [4.78, 5) is 15.8. The standard InChI is InChI=1S/C19H20N4O2/c1-15-4-2-3-5-18(15)25-12-19(24)21-10-16-6-8-17(9-7-16)11-23-14-20-13-22-23/h2-9,13-14H,10-12H2,1H3,(H,21,24). The molecule has 0 spiro atoms. The lowest BCUT2D eigenvalue weighted by molar-refractivity contribution is -0.123. The molecule has 3 aromatic rings. The monoisotopic (exact) mass is 336 g/mol. The first-order valence-electron chi connectivity index (χ1n) is 8.06. The second-order valence-electron chi connectivity index (χ2n) is 5.74. The molecule has 0 radical (unpaired) electrons. The zero-order chi connectivity index (χ0) is 17.5. The van der Waals surface area contributed by atoms with Crippen molar-refractivity contribution in [1.29, 1.82) is 0 Å². The van der Waals surface area contributed by atoms with E-state index in [0.717, 1.165) is 22.4 Å². The summed E-state index contributed by atoms with van der Waals surface area (Å²) in [5.74, 6) is 0.588. The summed E-state index contributed by atoms with van der Waals surface area (Å²) in [6.07, 6.45) is 3.20. The predicted molar refractivity (Wildman–Crippen MR) is 94.1 cm³/mol. The molecule has 2 aromatic carbocycles. The number of nitrogens with one attached hydrogen (secondary N) is 1. The second kappa shape index (κ2) is 8.10. The molecule has 0 aliphatic rings. The van der Waals surface area contributed by atoms with Gasteiger partial charge >= 0.3 is 0 Å². The van der Waals surface area contributed by atoms with Crippen molar-refractivity contribution < 1.29 is 9.53 Å². The van der Waals surface area contributed by atoms with Crippen LogP contribution in [0.2, 0.25) is 0 Å². The smallest absolute Gasteiger partial charge is 0.258 e. The van der Waals surface area contributed by atoms with Gasteiger partial charge in [-0.2, -0.15) is 5.10 Å². The highest BCUT2D eigenvalue weighted by atomic mass is 16.5. The molecular formula is C19H20N4O2. The predicted octanol–water partition coefficient (Wildman–Crippen LogP) is 2.33. The van der Waals surface area contributed by atoms with Gasteiger partial charge in [-0.3, -0.25) is 4.79 Å². The Morgan fingerprint density at radius 2 is 1.88 bits per heavy atom. The van der Waals surface area contributed by atoms with Crippen molar-refractivity contribution in [3.8, 4) is 5.75 Å². The maximum atomic E-state index is 11.9. The minimum Gasteiger partial charge on any atom is -0.484 e. The minimum absolute atomic E-state index is 0.00916. The number of rotatable bonds is 7. The third-order valence-corrected chi connectivity index (χ3v) is 3.78. The van der Waals surface area contributed by atoms with Gasteiger partial charge in [-0.15, -0.1) is 0 Å². The Hall–Kier alpha value is -3.15. The van der Waals surface area contributed by atoms with Crippen LogP contribution in [0.5, 0.6) is 5.75 Å². The molecule has 0 saturated heterocycles. The van der Waals surface area contributed by atoms with Crippen molar-refractivity contribution >= 4 is 5.91 Å². The van der Waals surface area contributed by atoms with Crippen LogP contribution in [0, 0.1) is 6.92 Å². The molecule has 1 N–H and O–H groups in total. The molecule has 1 amide bonds. The van der Waals surface area contributed by atoms with E-state index in [4.69, 9.17) is 4.74 Å². The molecule has 0 aliphatic carbocycles. The molecule has 25 heavy (non-hydrogen) atoms. The zero-order valence-corrected chi connectivity index (χ0v) is 14.1. The van der Waals surface area contributed by atoms with E-state index < -0.39 is 0 Å². The molecule has 1 heterocycles. The van der Waals surface area contributed by atoms with Crippen LogP contribution in [0.4, 0.5) is 0 Å². The van der Waals surface area contributed by atoms with Crippen LogP contribution in [-0.2, 0) is 17.9 Å². The fraction of sp³-hybridized carbons (Fsp3) is 0.211. The third-order valence-electron chi connectivity index (χ3n) is 3.78. The lowest BCUT2D eigenvalue weighted by atomic mass is 10.1. The topological polar surface area (TPSA) is 69.0 Å². The normalized spacial score (nSPS) is 10.4. The quantitative estimate of drug-likeness (QED) is 0.719.